The molecule has 0 amide bonds. The van der Waals surface area contributed by atoms with Crippen LogP contribution in [0.25, 0.3) is 10.9 Å². The Bertz CT molecular complexity index is 499. The van der Waals surface area contributed by atoms with Gasteiger partial charge in [-0.25, -0.2) is 0 Å². The quantitative estimate of drug-likeness (QED) is 0.839. The topological polar surface area (TPSA) is 25.2 Å². The second-order valence-corrected chi connectivity index (χ2v) is 4.70. The third-order valence-electron chi connectivity index (χ3n) is 3.20. The number of aliphatic hydroxyl groups excluding tert-OH is 1. The van der Waals surface area contributed by atoms with E-state index in [1.165, 1.54) is 28.5 Å². The summed E-state index contributed by atoms with van der Waals surface area (Å²) in [6.07, 6.45) is 5.38. The van der Waals surface area contributed by atoms with Crippen molar-refractivity contribution in [2.75, 3.05) is 6.61 Å². The summed E-state index contributed by atoms with van der Waals surface area (Å²) in [4.78, 5) is 0. The summed E-state index contributed by atoms with van der Waals surface area (Å²) >= 11 is 0. The predicted octanol–water partition coefficient (Wildman–Crippen LogP) is 3.28. The van der Waals surface area contributed by atoms with Crippen LogP contribution in [-0.2, 0) is 13.0 Å². The summed E-state index contributed by atoms with van der Waals surface area (Å²) in [5.74, 6) is 0. The van der Waals surface area contributed by atoms with Crippen molar-refractivity contribution in [2.45, 2.75) is 39.7 Å². The highest BCUT2D eigenvalue weighted by Gasteiger charge is 2.07. The fourth-order valence-electron chi connectivity index (χ4n) is 2.37. The van der Waals surface area contributed by atoms with E-state index in [0.717, 1.165) is 19.4 Å². The maximum absolute atomic E-state index is 8.95. The second kappa shape index (κ2) is 5.37. The monoisotopic (exact) mass is 231 g/mol. The fraction of sp³-hybridized carbons (Fsp3) is 0.467. The number of aliphatic hydroxyl groups is 1. The average molecular weight is 231 g/mol. The molecule has 17 heavy (non-hydrogen) atoms. The number of hydrogen-bond acceptors (Lipinski definition) is 1. The zero-order chi connectivity index (χ0) is 12.3. The van der Waals surface area contributed by atoms with E-state index >= 15 is 0 Å². The molecular weight excluding hydrogens is 210 g/mol. The van der Waals surface area contributed by atoms with E-state index in [-0.39, 0.29) is 6.61 Å². The van der Waals surface area contributed by atoms with E-state index in [4.69, 9.17) is 5.11 Å². The van der Waals surface area contributed by atoms with Crippen molar-refractivity contribution in [3.8, 4) is 0 Å². The molecule has 0 atom stereocenters. The van der Waals surface area contributed by atoms with Crippen LogP contribution in [0.2, 0.25) is 0 Å². The summed E-state index contributed by atoms with van der Waals surface area (Å²) in [6, 6.07) is 6.65. The van der Waals surface area contributed by atoms with Gasteiger partial charge < -0.3 is 9.67 Å². The minimum absolute atomic E-state index is 0.259. The number of aryl methyl sites for hydroxylation is 3. The highest BCUT2D eigenvalue weighted by molar-refractivity contribution is 5.84. The zero-order valence-electron chi connectivity index (χ0n) is 10.7. The second-order valence-electron chi connectivity index (χ2n) is 4.70. The molecule has 2 heteroatoms. The number of hydrogen-bond donors (Lipinski definition) is 1. The van der Waals surface area contributed by atoms with Crippen molar-refractivity contribution in [3.05, 3.63) is 35.5 Å². The molecule has 1 aromatic carbocycles. The molecule has 0 bridgehead atoms. The van der Waals surface area contributed by atoms with Gasteiger partial charge in [-0.2, -0.15) is 0 Å². The Morgan fingerprint density at radius 1 is 1.29 bits per heavy atom. The van der Waals surface area contributed by atoms with Crippen LogP contribution in [0.5, 0.6) is 0 Å². The van der Waals surface area contributed by atoms with Crippen LogP contribution >= 0.6 is 0 Å². The molecule has 0 saturated carbocycles. The van der Waals surface area contributed by atoms with E-state index < -0.39 is 0 Å². The molecule has 1 heterocycles. The molecule has 2 nitrogen and oxygen atoms in total. The summed E-state index contributed by atoms with van der Waals surface area (Å²) in [5.41, 5.74) is 4.03. The molecule has 1 aromatic heterocycles. The van der Waals surface area contributed by atoms with Gasteiger partial charge in [-0.3, -0.25) is 0 Å². The summed E-state index contributed by atoms with van der Waals surface area (Å²) in [5, 5.41) is 10.3. The van der Waals surface area contributed by atoms with Crippen LogP contribution in [0, 0.1) is 6.92 Å². The van der Waals surface area contributed by atoms with E-state index in [1.807, 2.05) is 0 Å². The van der Waals surface area contributed by atoms with E-state index in [9.17, 15) is 0 Å². The molecule has 0 spiro atoms. The van der Waals surface area contributed by atoms with Crippen LogP contribution in [-0.4, -0.2) is 16.3 Å². The van der Waals surface area contributed by atoms with Gasteiger partial charge >= 0.3 is 0 Å². The van der Waals surface area contributed by atoms with Gasteiger partial charge in [-0.1, -0.05) is 25.5 Å². The van der Waals surface area contributed by atoms with Crippen molar-refractivity contribution < 1.29 is 5.11 Å². The lowest BCUT2D eigenvalue weighted by atomic mass is 10.1. The first-order valence-corrected chi connectivity index (χ1v) is 6.45. The summed E-state index contributed by atoms with van der Waals surface area (Å²) in [6.45, 7) is 5.50. The number of fused-ring (bicyclic) bond motifs is 1. The Hall–Kier alpha value is -1.28. The Morgan fingerprint density at radius 3 is 2.82 bits per heavy atom. The van der Waals surface area contributed by atoms with Gasteiger partial charge in [0.15, 0.2) is 0 Å². The standard InChI is InChI=1S/C15H21NO/c1-3-5-13-11-16(8-4-9-17)15-10-12(2)6-7-14(13)15/h6-7,10-11,17H,3-5,8-9H2,1-2H3. The Balaban J connectivity index is 2.46. The molecule has 2 aromatic rings. The molecule has 92 valence electrons. The minimum Gasteiger partial charge on any atom is -0.396 e. The van der Waals surface area contributed by atoms with Crippen LogP contribution < -0.4 is 0 Å². The molecular formula is C15H21NO. The van der Waals surface area contributed by atoms with Crippen LogP contribution in [0.3, 0.4) is 0 Å². The lowest BCUT2D eigenvalue weighted by Crippen LogP contribution is -1.98. The smallest absolute Gasteiger partial charge is 0.0485 e. The Labute approximate surface area is 103 Å². The lowest BCUT2D eigenvalue weighted by Gasteiger charge is -2.03. The molecule has 0 aliphatic rings. The van der Waals surface area contributed by atoms with Crippen LogP contribution in [0.15, 0.2) is 24.4 Å². The number of aromatic nitrogens is 1. The molecule has 0 aliphatic carbocycles. The van der Waals surface area contributed by atoms with Gasteiger partial charge in [0.1, 0.15) is 0 Å². The van der Waals surface area contributed by atoms with E-state index in [0.29, 0.717) is 0 Å². The normalized spacial score (nSPS) is 11.2. The van der Waals surface area contributed by atoms with Crippen molar-refractivity contribution in [1.82, 2.24) is 4.57 Å². The van der Waals surface area contributed by atoms with Gasteiger partial charge in [0.2, 0.25) is 0 Å². The number of nitrogens with zero attached hydrogens (tertiary/aromatic N) is 1. The van der Waals surface area contributed by atoms with Gasteiger partial charge in [0, 0.05) is 30.3 Å². The predicted molar refractivity (Wildman–Crippen MR) is 72.4 cm³/mol. The van der Waals surface area contributed by atoms with Crippen molar-refractivity contribution in [1.29, 1.82) is 0 Å². The number of benzene rings is 1. The SMILES string of the molecule is CCCc1cn(CCCO)c2cc(C)ccc12. The van der Waals surface area contributed by atoms with E-state index in [2.05, 4.69) is 42.8 Å². The van der Waals surface area contributed by atoms with Crippen molar-refractivity contribution >= 4 is 10.9 Å². The Kier molecular flexibility index (Phi) is 3.85. The summed E-state index contributed by atoms with van der Waals surface area (Å²) in [7, 11) is 0. The van der Waals surface area contributed by atoms with Crippen molar-refractivity contribution in [2.24, 2.45) is 0 Å². The molecule has 2 rings (SSSR count). The third-order valence-corrected chi connectivity index (χ3v) is 3.20. The first kappa shape index (κ1) is 12.2. The molecule has 0 fully saturated rings. The molecule has 1 N–H and O–H groups in total. The van der Waals surface area contributed by atoms with Crippen LogP contribution in [0.1, 0.15) is 30.9 Å². The highest BCUT2D eigenvalue weighted by atomic mass is 16.3. The minimum atomic E-state index is 0.259. The average Bonchev–Trinajstić information content (AvgIpc) is 2.65. The Morgan fingerprint density at radius 2 is 2.12 bits per heavy atom. The molecule has 0 aliphatic heterocycles. The molecule has 0 unspecified atom stereocenters. The first-order chi connectivity index (χ1) is 8.26. The van der Waals surface area contributed by atoms with Gasteiger partial charge in [-0.15, -0.1) is 0 Å². The zero-order valence-corrected chi connectivity index (χ0v) is 10.7. The molecule has 0 saturated heterocycles. The van der Waals surface area contributed by atoms with Gasteiger partial charge in [0.25, 0.3) is 0 Å². The maximum Gasteiger partial charge on any atom is 0.0485 e. The first-order valence-electron chi connectivity index (χ1n) is 6.45. The molecule has 0 radical (unpaired) electrons. The third kappa shape index (κ3) is 2.52. The van der Waals surface area contributed by atoms with E-state index in [1.54, 1.807) is 0 Å². The van der Waals surface area contributed by atoms with Crippen molar-refractivity contribution in [3.63, 3.8) is 0 Å². The fourth-order valence-corrected chi connectivity index (χ4v) is 2.37. The number of rotatable bonds is 5. The lowest BCUT2D eigenvalue weighted by molar-refractivity contribution is 0.280. The van der Waals surface area contributed by atoms with Crippen LogP contribution in [0.4, 0.5) is 0 Å². The van der Waals surface area contributed by atoms with Gasteiger partial charge in [-0.05, 0) is 37.0 Å². The summed E-state index contributed by atoms with van der Waals surface area (Å²) < 4.78 is 2.28. The maximum atomic E-state index is 8.95. The highest BCUT2D eigenvalue weighted by Crippen LogP contribution is 2.24. The largest absolute Gasteiger partial charge is 0.396 e. The van der Waals surface area contributed by atoms with Gasteiger partial charge in [0.05, 0.1) is 0 Å².